The van der Waals surface area contributed by atoms with Crippen LogP contribution in [-0.2, 0) is 0 Å². The molecule has 1 saturated heterocycles. The third kappa shape index (κ3) is 3.59. The Kier molecular flexibility index (Phi) is 4.55. The Morgan fingerprint density at radius 1 is 1.25 bits per heavy atom. The van der Waals surface area contributed by atoms with Gasteiger partial charge >= 0.3 is 0 Å². The van der Waals surface area contributed by atoms with Gasteiger partial charge in [-0.05, 0) is 45.3 Å². The van der Waals surface area contributed by atoms with Gasteiger partial charge in [-0.1, -0.05) is 0 Å². The summed E-state index contributed by atoms with van der Waals surface area (Å²) in [5.41, 5.74) is 0. The van der Waals surface area contributed by atoms with Crippen LogP contribution < -0.4 is 0 Å². The van der Waals surface area contributed by atoms with Crippen LogP contribution in [0.25, 0.3) is 5.01 Å². The predicted molar refractivity (Wildman–Crippen MR) is 50.1 cm³/mol. The van der Waals surface area contributed by atoms with Crippen molar-refractivity contribution in [2.24, 2.45) is 0 Å². The molecule has 12 heavy (non-hydrogen) atoms. The monoisotopic (exact) mass is 168 g/mol. The van der Waals surface area contributed by atoms with Crippen molar-refractivity contribution in [2.45, 2.75) is 32.1 Å². The maximum Gasteiger partial charge on any atom is 0.298 e. The molecular formula is C9H16N2O. The van der Waals surface area contributed by atoms with Gasteiger partial charge in [0.25, 0.3) is 6.07 Å². The Morgan fingerprint density at radius 3 is 2.67 bits per heavy atom. The Bertz CT molecular complexity index is 165. The normalized spacial score (nSPS) is 17.3. The smallest absolute Gasteiger partial charge is 0.298 e. The van der Waals surface area contributed by atoms with Crippen molar-refractivity contribution in [3.8, 4) is 6.07 Å². The van der Waals surface area contributed by atoms with Crippen LogP contribution in [0, 0.1) is 11.3 Å². The molecule has 0 atom stereocenters. The Labute approximate surface area is 73.8 Å². The highest BCUT2D eigenvalue weighted by atomic mass is 16.4. The summed E-state index contributed by atoms with van der Waals surface area (Å²) in [5, 5.41) is 12.2. The molecule has 0 radical (unpaired) electrons. The fourth-order valence-corrected chi connectivity index (χ4v) is 1.59. The molecule has 1 rings (SSSR count). The van der Waals surface area contributed by atoms with Crippen molar-refractivity contribution in [1.82, 2.24) is 4.90 Å². The minimum Gasteiger partial charge on any atom is -0.498 e. The second-order valence-corrected chi connectivity index (χ2v) is 3.26. The Morgan fingerprint density at radius 2 is 2.00 bits per heavy atom. The van der Waals surface area contributed by atoms with Gasteiger partial charge in [0.1, 0.15) is 0 Å². The van der Waals surface area contributed by atoms with Crippen molar-refractivity contribution in [3.05, 3.63) is 10.2 Å². The summed E-state index contributed by atoms with van der Waals surface area (Å²) in [6, 6.07) is 2.42. The van der Waals surface area contributed by atoms with Gasteiger partial charge in [-0.3, -0.25) is 0 Å². The largest absolute Gasteiger partial charge is 0.498 e. The number of hydrogen-bond acceptors (Lipinski definition) is 2. The highest BCUT2D eigenvalue weighted by Crippen LogP contribution is 2.08. The maximum absolute atomic E-state index is 9.65. The number of rotatable bonds is 4. The molecule has 0 N–H and O–H groups in total. The minimum atomic E-state index is 0.720. The molecule has 0 unspecified atom stereocenters. The molecule has 1 fully saturated rings. The van der Waals surface area contributed by atoms with Crippen LogP contribution in [0.15, 0.2) is 0 Å². The minimum absolute atomic E-state index is 0.720. The summed E-state index contributed by atoms with van der Waals surface area (Å²) in [6.07, 6.45) is 5.64. The van der Waals surface area contributed by atoms with Gasteiger partial charge in [-0.15, -0.1) is 0 Å². The van der Waals surface area contributed by atoms with Gasteiger partial charge in [0.15, 0.2) is 0 Å². The van der Waals surface area contributed by atoms with Crippen LogP contribution in [0.4, 0.5) is 0 Å². The average Bonchev–Trinajstić information content (AvgIpc) is 2.57. The van der Waals surface area contributed by atoms with Crippen LogP contribution in [0.2, 0.25) is 0 Å². The van der Waals surface area contributed by atoms with Crippen molar-refractivity contribution in [3.63, 3.8) is 0 Å². The summed E-state index contributed by atoms with van der Waals surface area (Å²) in [5.74, 6) is 0. The van der Waals surface area contributed by atoms with E-state index in [1.807, 2.05) is 0 Å². The van der Waals surface area contributed by atoms with E-state index in [2.05, 4.69) is 16.0 Å². The summed E-state index contributed by atoms with van der Waals surface area (Å²) >= 11 is 0. The van der Waals surface area contributed by atoms with E-state index in [9.17, 15) is 5.21 Å². The molecule has 1 heterocycles. The van der Waals surface area contributed by atoms with Crippen molar-refractivity contribution < 1.29 is 0 Å². The quantitative estimate of drug-likeness (QED) is 0.475. The zero-order valence-electron chi connectivity index (χ0n) is 7.46. The highest BCUT2D eigenvalue weighted by Gasteiger charge is 2.09. The number of likely N-dealkylation sites (tertiary alicyclic amines) is 1. The molecule has 0 aliphatic carbocycles. The first kappa shape index (κ1) is 9.34. The lowest BCUT2D eigenvalue weighted by molar-refractivity contribution is 0.331. The van der Waals surface area contributed by atoms with Crippen molar-refractivity contribution in [2.75, 3.05) is 19.6 Å². The van der Waals surface area contributed by atoms with Gasteiger partial charge in [-0.25, -0.2) is 0 Å². The zero-order valence-corrected chi connectivity index (χ0v) is 7.46. The number of hydrogen-bond donors (Lipinski definition) is 0. The summed E-state index contributed by atoms with van der Waals surface area (Å²) in [4.78, 5) is 2.48. The molecule has 3 nitrogen and oxygen atoms in total. The lowest BCUT2D eigenvalue weighted by atomic mass is 10.2. The van der Waals surface area contributed by atoms with Gasteiger partial charge in [-0.2, -0.15) is 0 Å². The lowest BCUT2D eigenvalue weighted by Crippen LogP contribution is -2.20. The number of nitrogens with zero attached hydrogens (tertiary/aromatic N) is 2. The van der Waals surface area contributed by atoms with E-state index in [0.29, 0.717) is 0 Å². The lowest BCUT2D eigenvalue weighted by Gasteiger charge is -2.12. The molecule has 0 saturated carbocycles. The van der Waals surface area contributed by atoms with Gasteiger partial charge in [0, 0.05) is 5.01 Å². The molecule has 0 amide bonds. The molecule has 3 heteroatoms. The summed E-state index contributed by atoms with van der Waals surface area (Å²) in [7, 11) is 0. The molecule has 0 aromatic heterocycles. The molecule has 1 aliphatic rings. The molecule has 0 spiro atoms. The van der Waals surface area contributed by atoms with Gasteiger partial charge < -0.3 is 10.1 Å². The Hall–Kier alpha value is -0.750. The molecule has 68 valence electrons. The van der Waals surface area contributed by atoms with E-state index in [4.69, 9.17) is 0 Å². The van der Waals surface area contributed by atoms with Gasteiger partial charge in [0.05, 0.1) is 6.42 Å². The molecular weight excluding hydrogens is 152 g/mol. The van der Waals surface area contributed by atoms with E-state index < -0.39 is 0 Å². The van der Waals surface area contributed by atoms with Crippen LogP contribution in [0.5, 0.6) is 0 Å². The molecule has 0 aromatic rings. The molecule has 0 aromatic carbocycles. The van der Waals surface area contributed by atoms with E-state index in [-0.39, 0.29) is 0 Å². The maximum atomic E-state index is 9.65. The van der Waals surface area contributed by atoms with Crippen LogP contribution in [0.1, 0.15) is 32.1 Å². The predicted octanol–water partition coefficient (Wildman–Crippen LogP) is 2.08. The second kappa shape index (κ2) is 5.84. The third-order valence-corrected chi connectivity index (χ3v) is 2.28. The van der Waals surface area contributed by atoms with E-state index in [1.54, 1.807) is 0 Å². The average molecular weight is 168 g/mol. The fraction of sp³-hybridized carbons (Fsp3) is 0.889. The van der Waals surface area contributed by atoms with Crippen LogP contribution in [-0.4, -0.2) is 24.5 Å². The van der Waals surface area contributed by atoms with Crippen LogP contribution in [0.3, 0.4) is 0 Å². The first-order valence-electron chi connectivity index (χ1n) is 4.71. The second-order valence-electron chi connectivity index (χ2n) is 3.26. The van der Waals surface area contributed by atoms with Gasteiger partial charge in [0.2, 0.25) is 0 Å². The van der Waals surface area contributed by atoms with Crippen LogP contribution >= 0.6 is 0 Å². The summed E-state index contributed by atoms with van der Waals surface area (Å²) < 4.78 is 0. The molecule has 1 aliphatic heterocycles. The third-order valence-electron chi connectivity index (χ3n) is 2.28. The van der Waals surface area contributed by atoms with Crippen molar-refractivity contribution >= 4 is 0 Å². The summed E-state index contributed by atoms with van der Waals surface area (Å²) in [6.45, 7) is 3.71. The standard InChI is InChI=1S/C9H16N2O/c12-10-6-2-1-3-7-11-8-4-5-9-11/h1-5,7-9H2. The van der Waals surface area contributed by atoms with Crippen molar-refractivity contribution in [1.29, 1.82) is 0 Å². The zero-order chi connectivity index (χ0) is 8.65. The highest BCUT2D eigenvalue weighted by molar-refractivity contribution is 4.86. The number of unbranched alkanes of at least 4 members (excludes halogenated alkanes) is 2. The Balaban J connectivity index is 1.90. The molecule has 0 bridgehead atoms. The first-order valence-corrected chi connectivity index (χ1v) is 4.71. The fourth-order valence-electron chi connectivity index (χ4n) is 1.59. The first-order chi connectivity index (χ1) is 5.93. The topological polar surface area (TPSA) is 30.7 Å². The van der Waals surface area contributed by atoms with E-state index in [0.717, 1.165) is 12.8 Å². The SMILES string of the molecule is [O-][N+]#CCCCCN1CCCC1. The van der Waals surface area contributed by atoms with E-state index >= 15 is 0 Å². The van der Waals surface area contributed by atoms with E-state index in [1.165, 1.54) is 38.9 Å².